The van der Waals surface area contributed by atoms with Crippen molar-refractivity contribution in [1.82, 2.24) is 15.6 Å². The lowest BCUT2D eigenvalue weighted by Crippen LogP contribution is -2.39. The molecule has 2 aromatic rings. The fraction of sp³-hybridized carbons (Fsp3) is 0.444. The van der Waals surface area contributed by atoms with E-state index in [4.69, 9.17) is 4.42 Å². The minimum Gasteiger partial charge on any atom is -0.444 e. The van der Waals surface area contributed by atoms with Gasteiger partial charge in [0.15, 0.2) is 5.96 Å². The van der Waals surface area contributed by atoms with Crippen LogP contribution in [0, 0.1) is 11.7 Å². The van der Waals surface area contributed by atoms with Gasteiger partial charge in [-0.2, -0.15) is 0 Å². The fourth-order valence-corrected chi connectivity index (χ4v) is 2.16. The topological polar surface area (TPSA) is 62.5 Å². The first-order chi connectivity index (χ1) is 11.6. The molecule has 0 fully saturated rings. The van der Waals surface area contributed by atoms with E-state index in [1.54, 1.807) is 25.4 Å². The molecule has 130 valence electrons. The second-order valence-electron chi connectivity index (χ2n) is 6.01. The molecule has 5 nitrogen and oxygen atoms in total. The van der Waals surface area contributed by atoms with Crippen molar-refractivity contribution in [3.63, 3.8) is 0 Å². The van der Waals surface area contributed by atoms with E-state index in [-0.39, 0.29) is 5.82 Å². The van der Waals surface area contributed by atoms with E-state index < -0.39 is 0 Å². The molecule has 6 heteroatoms. The van der Waals surface area contributed by atoms with E-state index in [9.17, 15) is 4.39 Å². The molecule has 0 radical (unpaired) electrons. The lowest BCUT2D eigenvalue weighted by Gasteiger charge is -2.12. The number of rotatable bonds is 7. The van der Waals surface area contributed by atoms with Gasteiger partial charge in [0.25, 0.3) is 0 Å². The molecule has 2 N–H and O–H groups in total. The van der Waals surface area contributed by atoms with Crippen LogP contribution in [-0.4, -0.2) is 31.1 Å². The van der Waals surface area contributed by atoms with Crippen molar-refractivity contribution in [2.24, 2.45) is 10.9 Å². The molecule has 0 saturated heterocycles. The van der Waals surface area contributed by atoms with Gasteiger partial charge in [0, 0.05) is 32.1 Å². The summed E-state index contributed by atoms with van der Waals surface area (Å²) in [5.41, 5.74) is 1.61. The van der Waals surface area contributed by atoms with Crippen molar-refractivity contribution < 1.29 is 8.81 Å². The number of hydrogen-bond donors (Lipinski definition) is 2. The summed E-state index contributed by atoms with van der Waals surface area (Å²) in [6.45, 7) is 6.00. The lowest BCUT2D eigenvalue weighted by atomic mass is 10.1. The third-order valence-electron chi connectivity index (χ3n) is 3.55. The molecule has 0 aliphatic heterocycles. The van der Waals surface area contributed by atoms with Gasteiger partial charge in [-0.15, -0.1) is 0 Å². The molecule has 0 atom stereocenters. The van der Waals surface area contributed by atoms with E-state index in [0.717, 1.165) is 36.6 Å². The van der Waals surface area contributed by atoms with Crippen LogP contribution in [0.3, 0.4) is 0 Å². The van der Waals surface area contributed by atoms with Gasteiger partial charge in [-0.1, -0.05) is 13.8 Å². The van der Waals surface area contributed by atoms with Gasteiger partial charge in [0.05, 0.1) is 5.69 Å². The van der Waals surface area contributed by atoms with Crippen molar-refractivity contribution >= 4 is 5.96 Å². The molecular formula is C18H25FN4O. The highest BCUT2D eigenvalue weighted by molar-refractivity contribution is 5.79. The maximum absolute atomic E-state index is 12.9. The summed E-state index contributed by atoms with van der Waals surface area (Å²) in [7, 11) is 1.76. The average Bonchev–Trinajstić information content (AvgIpc) is 3.02. The molecular weight excluding hydrogens is 307 g/mol. The van der Waals surface area contributed by atoms with Crippen molar-refractivity contribution in [2.75, 3.05) is 20.1 Å². The first-order valence-corrected chi connectivity index (χ1v) is 8.23. The highest BCUT2D eigenvalue weighted by Crippen LogP contribution is 2.18. The first kappa shape index (κ1) is 18.0. The number of halogens is 1. The number of hydrogen-bond acceptors (Lipinski definition) is 3. The third-order valence-corrected chi connectivity index (χ3v) is 3.55. The molecule has 24 heavy (non-hydrogen) atoms. The number of aromatic nitrogens is 1. The molecule has 1 heterocycles. The molecule has 1 aromatic heterocycles. The Hall–Kier alpha value is -2.37. The van der Waals surface area contributed by atoms with Gasteiger partial charge in [0.1, 0.15) is 12.1 Å². The van der Waals surface area contributed by atoms with Crippen LogP contribution in [-0.2, 0) is 6.42 Å². The SMILES string of the molecule is CN=C(NCCc1coc(-c2ccc(F)cc2)n1)NCCC(C)C. The van der Waals surface area contributed by atoms with E-state index in [0.29, 0.717) is 18.4 Å². The normalized spacial score (nSPS) is 11.8. The van der Waals surface area contributed by atoms with Crippen molar-refractivity contribution in [3.05, 3.63) is 42.0 Å². The van der Waals surface area contributed by atoms with Crippen LogP contribution in [0.15, 0.2) is 39.9 Å². The molecule has 2 rings (SSSR count). The van der Waals surface area contributed by atoms with Gasteiger partial charge in [0.2, 0.25) is 5.89 Å². The Bertz CT molecular complexity index is 649. The molecule has 0 amide bonds. The average molecular weight is 332 g/mol. The van der Waals surface area contributed by atoms with E-state index in [1.165, 1.54) is 12.1 Å². The summed E-state index contributed by atoms with van der Waals surface area (Å²) in [5, 5.41) is 6.54. The number of nitrogens with zero attached hydrogens (tertiary/aromatic N) is 2. The number of aliphatic imine (C=N–C) groups is 1. The van der Waals surface area contributed by atoms with Gasteiger partial charge >= 0.3 is 0 Å². The smallest absolute Gasteiger partial charge is 0.226 e. The highest BCUT2D eigenvalue weighted by Gasteiger charge is 2.07. The standard InChI is InChI=1S/C18H25FN4O/c1-13(2)8-10-21-18(20-3)22-11-9-16-12-24-17(23-16)14-4-6-15(19)7-5-14/h4-7,12-13H,8-11H2,1-3H3,(H2,20,21,22). The Kier molecular flexibility index (Phi) is 6.78. The zero-order valence-electron chi connectivity index (χ0n) is 14.5. The first-order valence-electron chi connectivity index (χ1n) is 8.23. The Labute approximate surface area is 142 Å². The summed E-state index contributed by atoms with van der Waals surface area (Å²) in [5.74, 6) is 1.68. The zero-order valence-corrected chi connectivity index (χ0v) is 14.5. The van der Waals surface area contributed by atoms with Crippen molar-refractivity contribution in [3.8, 4) is 11.5 Å². The van der Waals surface area contributed by atoms with Crippen molar-refractivity contribution in [2.45, 2.75) is 26.7 Å². The quantitative estimate of drug-likeness (QED) is 0.603. The van der Waals surface area contributed by atoms with Gasteiger partial charge in [-0.05, 0) is 36.6 Å². The molecule has 0 unspecified atom stereocenters. The molecule has 0 aliphatic rings. The maximum atomic E-state index is 12.9. The Morgan fingerprint density at radius 2 is 1.92 bits per heavy atom. The third kappa shape index (κ3) is 5.68. The Morgan fingerprint density at radius 3 is 2.58 bits per heavy atom. The van der Waals surface area contributed by atoms with E-state index >= 15 is 0 Å². The molecule has 0 saturated carbocycles. The monoisotopic (exact) mass is 332 g/mol. The van der Waals surface area contributed by atoms with Gasteiger partial charge in [-0.3, -0.25) is 4.99 Å². The summed E-state index contributed by atoms with van der Waals surface area (Å²) in [4.78, 5) is 8.62. The molecule has 0 spiro atoms. The number of guanidine groups is 1. The second-order valence-corrected chi connectivity index (χ2v) is 6.01. The van der Waals surface area contributed by atoms with Crippen LogP contribution >= 0.6 is 0 Å². The van der Waals surface area contributed by atoms with Crippen LogP contribution in [0.4, 0.5) is 4.39 Å². The zero-order chi connectivity index (χ0) is 17.4. The highest BCUT2D eigenvalue weighted by atomic mass is 19.1. The maximum Gasteiger partial charge on any atom is 0.226 e. The van der Waals surface area contributed by atoms with Crippen LogP contribution < -0.4 is 10.6 Å². The predicted octanol–water partition coefficient (Wildman–Crippen LogP) is 3.23. The Balaban J connectivity index is 1.79. The summed E-state index contributed by atoms with van der Waals surface area (Å²) in [6.07, 6.45) is 3.45. The number of oxazole rings is 1. The number of benzene rings is 1. The fourth-order valence-electron chi connectivity index (χ4n) is 2.16. The van der Waals surface area contributed by atoms with Crippen LogP contribution in [0.1, 0.15) is 26.0 Å². The minimum absolute atomic E-state index is 0.272. The van der Waals surface area contributed by atoms with Crippen LogP contribution in [0.25, 0.3) is 11.5 Å². The van der Waals surface area contributed by atoms with Crippen molar-refractivity contribution in [1.29, 1.82) is 0 Å². The van der Waals surface area contributed by atoms with Gasteiger partial charge < -0.3 is 15.1 Å². The Morgan fingerprint density at radius 1 is 1.21 bits per heavy atom. The summed E-state index contributed by atoms with van der Waals surface area (Å²) in [6, 6.07) is 6.11. The van der Waals surface area contributed by atoms with E-state index in [1.807, 2.05) is 0 Å². The minimum atomic E-state index is -0.272. The van der Waals surface area contributed by atoms with E-state index in [2.05, 4.69) is 34.5 Å². The van der Waals surface area contributed by atoms with Crippen LogP contribution in [0.2, 0.25) is 0 Å². The lowest BCUT2D eigenvalue weighted by molar-refractivity contribution is 0.570. The molecule has 0 aliphatic carbocycles. The second kappa shape index (κ2) is 9.05. The predicted molar refractivity (Wildman–Crippen MR) is 94.4 cm³/mol. The number of nitrogens with one attached hydrogen (secondary N) is 2. The largest absolute Gasteiger partial charge is 0.444 e. The summed E-state index contributed by atoms with van der Waals surface area (Å²) < 4.78 is 18.4. The molecule has 1 aromatic carbocycles. The molecule has 0 bridgehead atoms. The summed E-state index contributed by atoms with van der Waals surface area (Å²) >= 11 is 0. The van der Waals surface area contributed by atoms with Crippen LogP contribution in [0.5, 0.6) is 0 Å². The van der Waals surface area contributed by atoms with Gasteiger partial charge in [-0.25, -0.2) is 9.37 Å².